The van der Waals surface area contributed by atoms with Crippen molar-refractivity contribution in [1.29, 1.82) is 0 Å². The van der Waals surface area contributed by atoms with Gasteiger partial charge < -0.3 is 20.1 Å². The Kier molecular flexibility index (Phi) is 6.40. The van der Waals surface area contributed by atoms with Crippen LogP contribution in [0.2, 0.25) is 0 Å². The lowest BCUT2D eigenvalue weighted by Crippen LogP contribution is -2.57. The Morgan fingerprint density at radius 3 is 2.61 bits per heavy atom. The number of carbonyl (C=O) groups excluding carboxylic acids is 1. The predicted molar refractivity (Wildman–Crippen MR) is 108 cm³/mol. The second-order valence-electron chi connectivity index (χ2n) is 8.50. The van der Waals surface area contributed by atoms with E-state index in [2.05, 4.69) is 19.2 Å². The van der Waals surface area contributed by atoms with Crippen molar-refractivity contribution in [3.8, 4) is 0 Å². The fourth-order valence-electron chi connectivity index (χ4n) is 4.70. The number of aromatic carboxylic acids is 1. The number of carbonyl (C=O) groups is 2. The Labute approximate surface area is 167 Å². The van der Waals surface area contributed by atoms with Crippen molar-refractivity contribution in [3.63, 3.8) is 0 Å². The maximum Gasteiger partial charge on any atom is 0.335 e. The quantitative estimate of drug-likeness (QED) is 0.783. The highest BCUT2D eigenvalue weighted by Gasteiger charge is 2.42. The lowest BCUT2D eigenvalue weighted by molar-refractivity contribution is -0.132. The maximum atomic E-state index is 12.5. The average molecular weight is 389 g/mol. The van der Waals surface area contributed by atoms with Crippen LogP contribution in [-0.2, 0) is 21.4 Å². The van der Waals surface area contributed by atoms with Gasteiger partial charge in [-0.2, -0.15) is 0 Å². The molecule has 1 aromatic carbocycles. The second-order valence-corrected chi connectivity index (χ2v) is 8.50. The summed E-state index contributed by atoms with van der Waals surface area (Å²) in [5, 5.41) is 12.9. The van der Waals surface area contributed by atoms with Gasteiger partial charge in [0.25, 0.3) is 0 Å². The minimum Gasteiger partial charge on any atom is -0.478 e. The summed E-state index contributed by atoms with van der Waals surface area (Å²) in [4.78, 5) is 25.8. The lowest BCUT2D eigenvalue weighted by Gasteiger charge is -2.45. The van der Waals surface area contributed by atoms with Gasteiger partial charge in [-0.1, -0.05) is 19.9 Å². The molecule has 28 heavy (non-hydrogen) atoms. The molecule has 0 unspecified atom stereocenters. The van der Waals surface area contributed by atoms with E-state index in [0.717, 1.165) is 43.5 Å². The first-order valence-electron chi connectivity index (χ1n) is 10.2. The van der Waals surface area contributed by atoms with Gasteiger partial charge in [-0.05, 0) is 42.5 Å². The molecule has 1 aliphatic heterocycles. The zero-order valence-corrected chi connectivity index (χ0v) is 17.2. The first kappa shape index (κ1) is 20.8. The van der Waals surface area contributed by atoms with Gasteiger partial charge in [-0.25, -0.2) is 4.79 Å². The fourth-order valence-corrected chi connectivity index (χ4v) is 4.70. The van der Waals surface area contributed by atoms with Crippen molar-refractivity contribution in [3.05, 3.63) is 34.9 Å². The summed E-state index contributed by atoms with van der Waals surface area (Å²) < 4.78 is 5.77. The number of benzene rings is 1. The van der Waals surface area contributed by atoms with Gasteiger partial charge in [0.2, 0.25) is 5.91 Å². The van der Waals surface area contributed by atoms with E-state index in [1.165, 1.54) is 6.42 Å². The molecular weight excluding hydrogens is 356 g/mol. The molecule has 0 bridgehead atoms. The van der Waals surface area contributed by atoms with Gasteiger partial charge in [0.05, 0.1) is 11.7 Å². The van der Waals surface area contributed by atoms with Crippen molar-refractivity contribution >= 4 is 11.9 Å². The Morgan fingerprint density at radius 1 is 1.25 bits per heavy atom. The zero-order chi connectivity index (χ0) is 20.3. The number of rotatable bonds is 6. The number of methoxy groups -OCH3 is 1. The molecule has 0 spiro atoms. The number of carboxylic acid groups (broad SMARTS) is 1. The van der Waals surface area contributed by atoms with Crippen LogP contribution in [0.4, 0.5) is 0 Å². The molecule has 6 heteroatoms. The Morgan fingerprint density at radius 2 is 1.96 bits per heavy atom. The van der Waals surface area contributed by atoms with Gasteiger partial charge in [0, 0.05) is 51.0 Å². The molecule has 1 aromatic rings. The first-order chi connectivity index (χ1) is 13.3. The second kappa shape index (κ2) is 8.62. The predicted octanol–water partition coefficient (Wildman–Crippen LogP) is 2.59. The summed E-state index contributed by atoms with van der Waals surface area (Å²) in [7, 11) is 1.71. The third-order valence-corrected chi connectivity index (χ3v) is 6.34. The van der Waals surface area contributed by atoms with E-state index in [1.54, 1.807) is 19.2 Å². The molecule has 1 saturated heterocycles. The smallest absolute Gasteiger partial charge is 0.335 e. The molecule has 6 nitrogen and oxygen atoms in total. The minimum absolute atomic E-state index is 0.00296. The maximum absolute atomic E-state index is 12.5. The molecule has 154 valence electrons. The van der Waals surface area contributed by atoms with Crippen molar-refractivity contribution in [2.45, 2.75) is 63.5 Å². The van der Waals surface area contributed by atoms with Crippen LogP contribution in [0.1, 0.15) is 61.0 Å². The van der Waals surface area contributed by atoms with Crippen LogP contribution in [0.5, 0.6) is 0 Å². The number of nitrogens with one attached hydrogen (secondary N) is 1. The van der Waals surface area contributed by atoms with Crippen LogP contribution < -0.4 is 5.32 Å². The molecule has 1 heterocycles. The lowest BCUT2D eigenvalue weighted by atomic mass is 9.67. The van der Waals surface area contributed by atoms with Crippen LogP contribution in [0.15, 0.2) is 18.2 Å². The first-order valence-corrected chi connectivity index (χ1v) is 10.2. The molecular formula is C22H32N2O4. The van der Waals surface area contributed by atoms with Crippen LogP contribution in [-0.4, -0.2) is 60.8 Å². The normalized spacial score (nSPS) is 23.9. The summed E-state index contributed by atoms with van der Waals surface area (Å²) in [5.74, 6) is -0.701. The molecule has 1 fully saturated rings. The summed E-state index contributed by atoms with van der Waals surface area (Å²) in [6, 6.07) is 5.36. The highest BCUT2D eigenvalue weighted by molar-refractivity contribution is 5.88. The standard InChI is InChI=1S/C22H32N2O4/c1-22(2)17-13-16(21(26)27)8-7-15(17)14-18(28-3)20(22)23-10-9-19(25)24-11-5-4-6-12-24/h7-8,13,18,20,23H,4-6,9-12,14H2,1-3H3,(H,26,27)/t18-,20+/m0/s1. The highest BCUT2D eigenvalue weighted by Crippen LogP contribution is 2.38. The van der Waals surface area contributed by atoms with Crippen LogP contribution in [0.3, 0.4) is 0 Å². The van der Waals surface area contributed by atoms with Gasteiger partial charge in [-0.3, -0.25) is 4.79 Å². The molecule has 0 saturated carbocycles. The number of piperidine rings is 1. The Balaban J connectivity index is 1.71. The van der Waals surface area contributed by atoms with Crippen LogP contribution >= 0.6 is 0 Å². The number of nitrogens with zero attached hydrogens (tertiary/aromatic N) is 1. The Hall–Kier alpha value is -1.92. The summed E-state index contributed by atoms with van der Waals surface area (Å²) in [5.41, 5.74) is 2.17. The van der Waals surface area contributed by atoms with E-state index in [9.17, 15) is 14.7 Å². The molecule has 3 rings (SSSR count). The average Bonchev–Trinajstić information content (AvgIpc) is 2.69. The molecule has 2 atom stereocenters. The van der Waals surface area contributed by atoms with Crippen LogP contribution in [0.25, 0.3) is 0 Å². The third-order valence-electron chi connectivity index (χ3n) is 6.34. The molecule has 2 aliphatic rings. The SMILES string of the molecule is CO[C@H]1Cc2ccc(C(=O)O)cc2C(C)(C)[C@@H]1NCCC(=O)N1CCCCC1. The highest BCUT2D eigenvalue weighted by atomic mass is 16.5. The number of fused-ring (bicyclic) bond motifs is 1. The number of likely N-dealkylation sites (tertiary alicyclic amines) is 1. The van der Waals surface area contributed by atoms with E-state index in [1.807, 2.05) is 11.0 Å². The van der Waals surface area contributed by atoms with E-state index < -0.39 is 5.97 Å². The number of hydrogen-bond donors (Lipinski definition) is 2. The largest absolute Gasteiger partial charge is 0.478 e. The van der Waals surface area contributed by atoms with E-state index in [0.29, 0.717) is 18.5 Å². The molecule has 0 radical (unpaired) electrons. The zero-order valence-electron chi connectivity index (χ0n) is 17.2. The Bertz CT molecular complexity index is 725. The minimum atomic E-state index is -0.913. The van der Waals surface area contributed by atoms with Crippen LogP contribution in [0, 0.1) is 0 Å². The third kappa shape index (κ3) is 4.23. The number of hydrogen-bond acceptors (Lipinski definition) is 4. The monoisotopic (exact) mass is 388 g/mol. The number of amides is 1. The van der Waals surface area contributed by atoms with Crippen molar-refractivity contribution in [2.75, 3.05) is 26.7 Å². The summed E-state index contributed by atoms with van der Waals surface area (Å²) in [6.45, 7) is 6.58. The molecule has 1 aliphatic carbocycles. The van der Waals surface area contributed by atoms with Crippen molar-refractivity contribution in [1.82, 2.24) is 10.2 Å². The van der Waals surface area contributed by atoms with E-state index in [4.69, 9.17) is 4.74 Å². The molecule has 2 N–H and O–H groups in total. The van der Waals surface area contributed by atoms with E-state index >= 15 is 0 Å². The summed E-state index contributed by atoms with van der Waals surface area (Å²) >= 11 is 0. The summed E-state index contributed by atoms with van der Waals surface area (Å²) in [6.07, 6.45) is 4.60. The van der Waals surface area contributed by atoms with Gasteiger partial charge in [-0.15, -0.1) is 0 Å². The number of carboxylic acids is 1. The number of ether oxygens (including phenoxy) is 1. The fraction of sp³-hybridized carbons (Fsp3) is 0.636. The topological polar surface area (TPSA) is 78.9 Å². The van der Waals surface area contributed by atoms with Gasteiger partial charge >= 0.3 is 5.97 Å². The van der Waals surface area contributed by atoms with Gasteiger partial charge in [0.1, 0.15) is 0 Å². The van der Waals surface area contributed by atoms with Gasteiger partial charge in [0.15, 0.2) is 0 Å². The molecule has 0 aromatic heterocycles. The van der Waals surface area contributed by atoms with E-state index in [-0.39, 0.29) is 23.5 Å². The van der Waals surface area contributed by atoms with Crippen molar-refractivity contribution in [2.24, 2.45) is 0 Å². The molecule has 1 amide bonds. The van der Waals surface area contributed by atoms with Crippen molar-refractivity contribution < 1.29 is 19.4 Å².